The summed E-state index contributed by atoms with van der Waals surface area (Å²) in [5.41, 5.74) is 6.32. The molecular weight excluding hydrogens is 436 g/mol. The second-order valence-electron chi connectivity index (χ2n) is 9.10. The summed E-state index contributed by atoms with van der Waals surface area (Å²) in [4.78, 5) is 28.5. The molecule has 0 saturated heterocycles. The predicted octanol–water partition coefficient (Wildman–Crippen LogP) is 5.08. The summed E-state index contributed by atoms with van der Waals surface area (Å²) in [5, 5.41) is 2.92. The lowest BCUT2D eigenvalue weighted by molar-refractivity contribution is -0.142. The van der Waals surface area contributed by atoms with Gasteiger partial charge in [-0.15, -0.1) is 0 Å². The topological polar surface area (TPSA) is 58.6 Å². The normalized spacial score (nSPS) is 11.6. The van der Waals surface area contributed by atoms with E-state index in [0.29, 0.717) is 25.3 Å². The first-order valence-electron chi connectivity index (χ1n) is 12.2. The van der Waals surface area contributed by atoms with E-state index in [1.54, 1.807) is 4.90 Å². The van der Waals surface area contributed by atoms with Gasteiger partial charge in [-0.1, -0.05) is 66.2 Å². The largest absolute Gasteiger partial charge is 0.483 e. The van der Waals surface area contributed by atoms with Crippen molar-refractivity contribution in [2.45, 2.75) is 53.6 Å². The smallest absolute Gasteiger partial charge is 0.261 e. The molecule has 0 radical (unpaired) electrons. The molecule has 0 heterocycles. The highest BCUT2D eigenvalue weighted by atomic mass is 16.5. The van der Waals surface area contributed by atoms with Gasteiger partial charge in [-0.2, -0.15) is 0 Å². The lowest BCUT2D eigenvalue weighted by Gasteiger charge is -2.31. The molecule has 3 aromatic carbocycles. The van der Waals surface area contributed by atoms with E-state index in [1.165, 1.54) is 0 Å². The fourth-order valence-electron chi connectivity index (χ4n) is 4.11. The average molecular weight is 473 g/mol. The minimum Gasteiger partial charge on any atom is -0.483 e. The molecule has 0 unspecified atom stereocenters. The standard InChI is InChI=1S/C30H36N2O3/c1-6-31-30(34)27(18-25-10-8-7-9-11-25)32(19-26-14-12-21(2)13-15-26)29(33)20-35-28-17-22(3)16-23(4)24(28)5/h7-17,27H,6,18-20H2,1-5H3,(H,31,34)/t27-/m1/s1. The number of carbonyl (C=O) groups excluding carboxylic acids is 2. The SMILES string of the molecule is CCNC(=O)[C@@H](Cc1ccccc1)N(Cc1ccc(C)cc1)C(=O)COc1cc(C)cc(C)c1C. The van der Waals surface area contributed by atoms with Crippen LogP contribution in [0.25, 0.3) is 0 Å². The lowest BCUT2D eigenvalue weighted by atomic mass is 10.0. The molecule has 3 rings (SSSR count). The third-order valence-corrected chi connectivity index (χ3v) is 6.21. The average Bonchev–Trinajstić information content (AvgIpc) is 2.84. The highest BCUT2D eigenvalue weighted by Crippen LogP contribution is 2.24. The maximum Gasteiger partial charge on any atom is 0.261 e. The maximum atomic E-state index is 13.6. The number of nitrogens with zero attached hydrogens (tertiary/aromatic N) is 1. The fraction of sp³-hybridized carbons (Fsp3) is 0.333. The molecule has 0 aromatic heterocycles. The zero-order valence-electron chi connectivity index (χ0n) is 21.4. The summed E-state index contributed by atoms with van der Waals surface area (Å²) in [6, 6.07) is 21.2. The Morgan fingerprint density at radius 2 is 1.57 bits per heavy atom. The molecule has 3 aromatic rings. The molecule has 0 aliphatic heterocycles. The van der Waals surface area contributed by atoms with E-state index in [0.717, 1.165) is 33.4 Å². The number of rotatable bonds is 10. The molecule has 1 N–H and O–H groups in total. The summed E-state index contributed by atoms with van der Waals surface area (Å²) >= 11 is 0. The molecule has 35 heavy (non-hydrogen) atoms. The van der Waals surface area contributed by atoms with E-state index in [9.17, 15) is 9.59 Å². The number of aryl methyl sites for hydroxylation is 3. The Morgan fingerprint density at radius 1 is 0.886 bits per heavy atom. The molecule has 0 aliphatic rings. The molecular formula is C30H36N2O3. The molecule has 184 valence electrons. The number of nitrogens with one attached hydrogen (secondary N) is 1. The zero-order valence-corrected chi connectivity index (χ0v) is 21.4. The number of benzene rings is 3. The minimum absolute atomic E-state index is 0.139. The van der Waals surface area contributed by atoms with Crippen LogP contribution in [-0.4, -0.2) is 35.9 Å². The van der Waals surface area contributed by atoms with E-state index < -0.39 is 6.04 Å². The molecule has 5 nitrogen and oxygen atoms in total. The second-order valence-corrected chi connectivity index (χ2v) is 9.10. The van der Waals surface area contributed by atoms with E-state index in [4.69, 9.17) is 4.74 Å². The monoisotopic (exact) mass is 472 g/mol. The van der Waals surface area contributed by atoms with Gasteiger partial charge in [-0.25, -0.2) is 0 Å². The summed E-state index contributed by atoms with van der Waals surface area (Å²) in [7, 11) is 0. The third kappa shape index (κ3) is 7.19. The van der Waals surface area contributed by atoms with Crippen molar-refractivity contribution in [1.29, 1.82) is 0 Å². The van der Waals surface area contributed by atoms with E-state index in [2.05, 4.69) is 11.4 Å². The van der Waals surface area contributed by atoms with Crippen molar-refractivity contribution in [3.63, 3.8) is 0 Å². The van der Waals surface area contributed by atoms with E-state index in [1.807, 2.05) is 95.3 Å². The fourth-order valence-corrected chi connectivity index (χ4v) is 4.11. The molecule has 0 saturated carbocycles. The number of hydrogen-bond donors (Lipinski definition) is 1. The molecule has 0 spiro atoms. The molecule has 0 fully saturated rings. The van der Waals surface area contributed by atoms with Crippen molar-refractivity contribution >= 4 is 11.8 Å². The van der Waals surface area contributed by atoms with Gasteiger partial charge < -0.3 is 15.0 Å². The van der Waals surface area contributed by atoms with Gasteiger partial charge in [0.15, 0.2) is 6.61 Å². The van der Waals surface area contributed by atoms with Crippen molar-refractivity contribution in [1.82, 2.24) is 10.2 Å². The Bertz CT molecular complexity index is 1140. The Labute approximate surface area is 209 Å². The number of carbonyl (C=O) groups is 2. The highest BCUT2D eigenvalue weighted by Gasteiger charge is 2.30. The van der Waals surface area contributed by atoms with Gasteiger partial charge in [0.05, 0.1) is 0 Å². The molecule has 2 amide bonds. The van der Waals surface area contributed by atoms with Gasteiger partial charge in [0, 0.05) is 19.5 Å². The van der Waals surface area contributed by atoms with Gasteiger partial charge in [0.2, 0.25) is 5.91 Å². The Morgan fingerprint density at radius 3 is 2.23 bits per heavy atom. The van der Waals surface area contributed by atoms with Crippen LogP contribution in [-0.2, 0) is 22.6 Å². The van der Waals surface area contributed by atoms with Crippen LogP contribution < -0.4 is 10.1 Å². The molecule has 0 bridgehead atoms. The summed E-state index contributed by atoms with van der Waals surface area (Å²) in [6.45, 7) is 10.6. The van der Waals surface area contributed by atoms with Crippen LogP contribution in [0.3, 0.4) is 0 Å². The van der Waals surface area contributed by atoms with Crippen molar-refractivity contribution < 1.29 is 14.3 Å². The molecule has 0 aliphatic carbocycles. The summed E-state index contributed by atoms with van der Waals surface area (Å²) in [5.74, 6) is 0.305. The van der Waals surface area contributed by atoms with E-state index in [-0.39, 0.29) is 18.4 Å². The number of amides is 2. The van der Waals surface area contributed by atoms with Crippen molar-refractivity contribution in [2.75, 3.05) is 13.2 Å². The van der Waals surface area contributed by atoms with Crippen LogP contribution in [0, 0.1) is 27.7 Å². The number of likely N-dealkylation sites (N-methyl/N-ethyl adjacent to an activating group) is 1. The van der Waals surface area contributed by atoms with Crippen LogP contribution in [0.2, 0.25) is 0 Å². The molecule has 5 heteroatoms. The predicted molar refractivity (Wildman–Crippen MR) is 140 cm³/mol. The Hall–Kier alpha value is -3.60. The number of hydrogen-bond acceptors (Lipinski definition) is 3. The molecule has 1 atom stereocenters. The first-order chi connectivity index (χ1) is 16.8. The second kappa shape index (κ2) is 12.2. The first-order valence-corrected chi connectivity index (χ1v) is 12.2. The Balaban J connectivity index is 1.91. The van der Waals surface area contributed by atoms with Crippen LogP contribution in [0.5, 0.6) is 5.75 Å². The number of ether oxygens (including phenoxy) is 1. The van der Waals surface area contributed by atoms with Crippen LogP contribution in [0.15, 0.2) is 66.7 Å². The van der Waals surface area contributed by atoms with Crippen molar-refractivity contribution in [2.24, 2.45) is 0 Å². The third-order valence-electron chi connectivity index (χ3n) is 6.21. The van der Waals surface area contributed by atoms with Gasteiger partial charge in [0.1, 0.15) is 11.8 Å². The zero-order chi connectivity index (χ0) is 25.4. The van der Waals surface area contributed by atoms with E-state index >= 15 is 0 Å². The van der Waals surface area contributed by atoms with Crippen molar-refractivity contribution in [3.8, 4) is 5.75 Å². The van der Waals surface area contributed by atoms with Gasteiger partial charge in [-0.05, 0) is 68.5 Å². The van der Waals surface area contributed by atoms with Crippen LogP contribution >= 0.6 is 0 Å². The van der Waals surface area contributed by atoms with Gasteiger partial charge in [-0.3, -0.25) is 9.59 Å². The lowest BCUT2D eigenvalue weighted by Crippen LogP contribution is -2.51. The van der Waals surface area contributed by atoms with Gasteiger partial charge in [0.25, 0.3) is 5.91 Å². The Kier molecular flexibility index (Phi) is 9.07. The van der Waals surface area contributed by atoms with Crippen molar-refractivity contribution in [3.05, 3.63) is 100 Å². The first kappa shape index (κ1) is 26.0. The highest BCUT2D eigenvalue weighted by molar-refractivity contribution is 5.88. The summed E-state index contributed by atoms with van der Waals surface area (Å²) < 4.78 is 6.02. The van der Waals surface area contributed by atoms with Crippen LogP contribution in [0.4, 0.5) is 0 Å². The van der Waals surface area contributed by atoms with Gasteiger partial charge >= 0.3 is 0 Å². The maximum absolute atomic E-state index is 13.6. The quantitative estimate of drug-likeness (QED) is 0.448. The summed E-state index contributed by atoms with van der Waals surface area (Å²) in [6.07, 6.45) is 0.423. The van der Waals surface area contributed by atoms with Crippen LogP contribution in [0.1, 0.15) is 40.3 Å². The minimum atomic E-state index is -0.657.